The number of aliphatic hydroxyl groups is 1. The summed E-state index contributed by atoms with van der Waals surface area (Å²) >= 11 is 0. The number of aromatic nitrogens is 1. The summed E-state index contributed by atoms with van der Waals surface area (Å²) in [6, 6.07) is 12.1. The third kappa shape index (κ3) is 5.74. The summed E-state index contributed by atoms with van der Waals surface area (Å²) in [6.07, 6.45) is 2.44. The minimum Gasteiger partial charge on any atom is -0.484 e. The Kier molecular flexibility index (Phi) is 6.43. The van der Waals surface area contributed by atoms with Crippen molar-refractivity contribution in [2.45, 2.75) is 44.9 Å². The summed E-state index contributed by atoms with van der Waals surface area (Å²) in [5.41, 5.74) is 1.52. The van der Waals surface area contributed by atoms with Crippen molar-refractivity contribution in [3.8, 4) is 11.6 Å². The van der Waals surface area contributed by atoms with Gasteiger partial charge in [-0.15, -0.1) is 0 Å². The van der Waals surface area contributed by atoms with Gasteiger partial charge in [0, 0.05) is 45.3 Å². The van der Waals surface area contributed by atoms with E-state index in [4.69, 9.17) is 9.47 Å². The smallest absolute Gasteiger partial charge is 0.257 e. The zero-order valence-corrected chi connectivity index (χ0v) is 18.3. The largest absolute Gasteiger partial charge is 0.484 e. The van der Waals surface area contributed by atoms with Gasteiger partial charge in [-0.1, -0.05) is 24.3 Å². The maximum absolute atomic E-state index is 12.3. The first-order valence-electron chi connectivity index (χ1n) is 10.9. The van der Waals surface area contributed by atoms with E-state index in [9.17, 15) is 9.90 Å². The van der Waals surface area contributed by atoms with Crippen LogP contribution in [0.15, 0.2) is 42.6 Å². The molecule has 0 saturated carbocycles. The van der Waals surface area contributed by atoms with Gasteiger partial charge < -0.3 is 19.5 Å². The first-order valence-corrected chi connectivity index (χ1v) is 10.9. The van der Waals surface area contributed by atoms with Crippen molar-refractivity contribution >= 4 is 5.91 Å². The average molecular weight is 426 g/mol. The van der Waals surface area contributed by atoms with Gasteiger partial charge in [0.1, 0.15) is 6.61 Å². The Hall–Kier alpha value is -2.64. The topological polar surface area (TPSA) is 75.1 Å². The van der Waals surface area contributed by atoms with Crippen molar-refractivity contribution in [2.75, 3.05) is 32.8 Å². The van der Waals surface area contributed by atoms with Crippen LogP contribution in [0.2, 0.25) is 0 Å². The number of piperazine rings is 1. The van der Waals surface area contributed by atoms with Crippen LogP contribution in [0.5, 0.6) is 11.6 Å². The number of amides is 1. The fourth-order valence-corrected chi connectivity index (χ4v) is 3.90. The maximum Gasteiger partial charge on any atom is 0.257 e. The summed E-state index contributed by atoms with van der Waals surface area (Å²) in [7, 11) is 0. The van der Waals surface area contributed by atoms with Gasteiger partial charge in [-0.3, -0.25) is 9.69 Å². The van der Waals surface area contributed by atoms with E-state index in [2.05, 4.69) is 34.1 Å². The molecule has 0 bridgehead atoms. The molecule has 0 unspecified atom stereocenters. The van der Waals surface area contributed by atoms with E-state index in [0.29, 0.717) is 31.1 Å². The third-order valence-electron chi connectivity index (χ3n) is 5.81. The molecule has 0 spiro atoms. The second kappa shape index (κ2) is 9.24. The lowest BCUT2D eigenvalue weighted by atomic mass is 10.0. The lowest BCUT2D eigenvalue weighted by molar-refractivity contribution is -0.134. The molecule has 0 aliphatic carbocycles. The second-order valence-electron chi connectivity index (χ2n) is 8.94. The van der Waals surface area contributed by atoms with Gasteiger partial charge >= 0.3 is 0 Å². The van der Waals surface area contributed by atoms with Crippen LogP contribution in [0.1, 0.15) is 43.9 Å². The number of hydrogen-bond donors (Lipinski definition) is 1. The van der Waals surface area contributed by atoms with Crippen LogP contribution >= 0.6 is 0 Å². The van der Waals surface area contributed by atoms with Crippen molar-refractivity contribution in [3.05, 3.63) is 53.7 Å². The highest BCUT2D eigenvalue weighted by Gasteiger charge is 2.25. The van der Waals surface area contributed by atoms with Crippen LogP contribution in [0.4, 0.5) is 0 Å². The van der Waals surface area contributed by atoms with Gasteiger partial charge in [0.25, 0.3) is 5.88 Å². The van der Waals surface area contributed by atoms with E-state index in [1.54, 1.807) is 20.0 Å². The van der Waals surface area contributed by atoms with Crippen molar-refractivity contribution < 1.29 is 19.4 Å². The number of carbonyl (C=O) groups excluding carboxylic acids is 1. The number of benzene rings is 1. The first-order chi connectivity index (χ1) is 14.9. The number of nitrogens with zero attached hydrogens (tertiary/aromatic N) is 3. The predicted molar refractivity (Wildman–Crippen MR) is 117 cm³/mol. The minimum absolute atomic E-state index is 0.136. The summed E-state index contributed by atoms with van der Waals surface area (Å²) < 4.78 is 11.7. The van der Waals surface area contributed by atoms with Crippen LogP contribution in [-0.2, 0) is 11.3 Å². The molecule has 166 valence electrons. The lowest BCUT2D eigenvalue weighted by Crippen LogP contribution is -2.48. The Balaban J connectivity index is 1.25. The monoisotopic (exact) mass is 425 g/mol. The molecule has 1 atom stereocenters. The third-order valence-corrected chi connectivity index (χ3v) is 5.81. The standard InChI is InChI=1S/C24H31N3O4/c1-24(2,29)10-9-22(28)27-14-12-26(13-15-27)16-18-5-7-19(8-6-18)21-17-30-20-4-3-11-25-23(20)31-21/h3-8,11,21,29H,9-10,12-17H2,1-2H3/t21-/m1/s1. The fourth-order valence-electron chi connectivity index (χ4n) is 3.90. The molecule has 2 aliphatic heterocycles. The summed E-state index contributed by atoms with van der Waals surface area (Å²) in [5, 5.41) is 9.82. The highest BCUT2D eigenvalue weighted by molar-refractivity contribution is 5.76. The molecule has 1 fully saturated rings. The number of carbonyl (C=O) groups is 1. The molecule has 2 aliphatic rings. The highest BCUT2D eigenvalue weighted by Crippen LogP contribution is 2.34. The van der Waals surface area contributed by atoms with Crippen molar-refractivity contribution in [1.29, 1.82) is 0 Å². The number of hydrogen-bond acceptors (Lipinski definition) is 6. The van der Waals surface area contributed by atoms with E-state index in [0.717, 1.165) is 38.3 Å². The Morgan fingerprint density at radius 1 is 1.16 bits per heavy atom. The highest BCUT2D eigenvalue weighted by atomic mass is 16.6. The molecule has 31 heavy (non-hydrogen) atoms. The molecule has 1 aromatic carbocycles. The minimum atomic E-state index is -0.793. The van der Waals surface area contributed by atoms with E-state index in [1.807, 2.05) is 17.0 Å². The molecular weight excluding hydrogens is 394 g/mol. The lowest BCUT2D eigenvalue weighted by Gasteiger charge is -2.35. The molecule has 2 aromatic rings. The molecule has 7 heteroatoms. The first kappa shape index (κ1) is 21.6. The molecule has 3 heterocycles. The molecule has 1 saturated heterocycles. The molecule has 1 N–H and O–H groups in total. The second-order valence-corrected chi connectivity index (χ2v) is 8.94. The van der Waals surface area contributed by atoms with Gasteiger partial charge in [0.15, 0.2) is 11.9 Å². The van der Waals surface area contributed by atoms with Crippen molar-refractivity contribution in [2.24, 2.45) is 0 Å². The molecule has 4 rings (SSSR count). The van der Waals surface area contributed by atoms with Gasteiger partial charge in [-0.25, -0.2) is 4.98 Å². The summed E-state index contributed by atoms with van der Waals surface area (Å²) in [4.78, 5) is 20.9. The fraction of sp³-hybridized carbons (Fsp3) is 0.500. The quantitative estimate of drug-likeness (QED) is 0.767. The van der Waals surface area contributed by atoms with Crippen LogP contribution < -0.4 is 9.47 Å². The van der Waals surface area contributed by atoms with Gasteiger partial charge in [-0.2, -0.15) is 0 Å². The van der Waals surface area contributed by atoms with Gasteiger partial charge in [0.05, 0.1) is 5.60 Å². The Bertz CT molecular complexity index is 886. The van der Waals surface area contributed by atoms with Gasteiger partial charge in [0.2, 0.25) is 5.91 Å². The molecule has 0 radical (unpaired) electrons. The number of ether oxygens (including phenoxy) is 2. The van der Waals surface area contributed by atoms with E-state index in [-0.39, 0.29) is 12.0 Å². The molecule has 1 aromatic heterocycles. The average Bonchev–Trinajstić information content (AvgIpc) is 2.78. The van der Waals surface area contributed by atoms with E-state index in [1.165, 1.54) is 5.56 Å². The Morgan fingerprint density at radius 2 is 1.90 bits per heavy atom. The normalized spacial score (nSPS) is 19.3. The van der Waals surface area contributed by atoms with E-state index >= 15 is 0 Å². The van der Waals surface area contributed by atoms with Crippen LogP contribution in [0.25, 0.3) is 0 Å². The van der Waals surface area contributed by atoms with Gasteiger partial charge in [-0.05, 0) is 43.5 Å². The van der Waals surface area contributed by atoms with Crippen molar-refractivity contribution in [1.82, 2.24) is 14.8 Å². The predicted octanol–water partition coefficient (Wildman–Crippen LogP) is 2.79. The number of fused-ring (bicyclic) bond motifs is 1. The van der Waals surface area contributed by atoms with Crippen LogP contribution in [-0.4, -0.2) is 64.2 Å². The van der Waals surface area contributed by atoms with Crippen LogP contribution in [0, 0.1) is 0 Å². The molecular formula is C24H31N3O4. The van der Waals surface area contributed by atoms with E-state index < -0.39 is 5.60 Å². The molecule has 7 nitrogen and oxygen atoms in total. The number of rotatable bonds is 6. The number of pyridine rings is 1. The Labute approximate surface area is 183 Å². The van der Waals surface area contributed by atoms with Crippen LogP contribution in [0.3, 0.4) is 0 Å². The Morgan fingerprint density at radius 3 is 2.61 bits per heavy atom. The maximum atomic E-state index is 12.3. The summed E-state index contributed by atoms with van der Waals surface area (Å²) in [6.45, 7) is 8.01. The van der Waals surface area contributed by atoms with Crippen molar-refractivity contribution in [3.63, 3.8) is 0 Å². The zero-order chi connectivity index (χ0) is 21.8. The SMILES string of the molecule is CC(C)(O)CCC(=O)N1CCN(Cc2ccc([C@H]3COc4cccnc4O3)cc2)CC1. The summed E-state index contributed by atoms with van der Waals surface area (Å²) in [5.74, 6) is 1.36. The zero-order valence-electron chi connectivity index (χ0n) is 18.3. The molecule has 1 amide bonds.